The number of carbonyl (C=O) groups excluding carboxylic acids is 2. The minimum absolute atomic E-state index is 0.0137. The molecule has 0 bridgehead atoms. The summed E-state index contributed by atoms with van der Waals surface area (Å²) in [5.41, 5.74) is -0.158. The summed E-state index contributed by atoms with van der Waals surface area (Å²) in [6, 6.07) is 3.48. The monoisotopic (exact) mass is 610 g/mol. The number of carbonyl (C=O) groups is 2. The molecule has 1 aliphatic rings. The third-order valence-corrected chi connectivity index (χ3v) is 19.5. The standard InChI is InChI=1S/C34H66O5Si2/c1-12-16-25-34(8,39-41(13-2,14-3)15-4)26-21-23-29-28(22-19-17-18-20-24-32(36)37-9)30(35)27-31(29)38-40(10,11)33(5,6)7/h21,23,28-29,31H,12-20,22,24-27H2,1-11H3/b23-21+/t28-,29-,31-,34?/m1/s1. The summed E-state index contributed by atoms with van der Waals surface area (Å²) in [5.74, 6) is 0.350. The smallest absolute Gasteiger partial charge is 0.305 e. The lowest BCUT2D eigenvalue weighted by atomic mass is 9.87. The molecule has 0 aliphatic heterocycles. The van der Waals surface area contributed by atoms with Crippen LogP contribution in [0.15, 0.2) is 12.2 Å². The van der Waals surface area contributed by atoms with Crippen molar-refractivity contribution in [1.82, 2.24) is 0 Å². The first-order valence-corrected chi connectivity index (χ1v) is 22.2. The van der Waals surface area contributed by atoms with Crippen LogP contribution < -0.4 is 0 Å². The lowest BCUT2D eigenvalue weighted by molar-refractivity contribution is -0.140. The highest BCUT2D eigenvalue weighted by Gasteiger charge is 2.47. The lowest BCUT2D eigenvalue weighted by Crippen LogP contribution is -2.45. The zero-order valence-corrected chi connectivity index (χ0v) is 30.8. The molecule has 1 rings (SSSR count). The minimum atomic E-state index is -2.02. The molecule has 0 saturated heterocycles. The second kappa shape index (κ2) is 17.5. The van der Waals surface area contributed by atoms with Crippen molar-refractivity contribution in [3.63, 3.8) is 0 Å². The van der Waals surface area contributed by atoms with Gasteiger partial charge in [-0.2, -0.15) is 0 Å². The number of rotatable bonds is 20. The van der Waals surface area contributed by atoms with E-state index >= 15 is 0 Å². The van der Waals surface area contributed by atoms with Gasteiger partial charge in [-0.1, -0.05) is 92.7 Å². The van der Waals surface area contributed by atoms with E-state index in [1.54, 1.807) is 0 Å². The highest BCUT2D eigenvalue weighted by molar-refractivity contribution is 6.74. The predicted octanol–water partition coefficient (Wildman–Crippen LogP) is 10.0. The molecule has 0 amide bonds. The summed E-state index contributed by atoms with van der Waals surface area (Å²) < 4.78 is 18.8. The molecule has 1 unspecified atom stereocenters. The van der Waals surface area contributed by atoms with Crippen LogP contribution in [0.5, 0.6) is 0 Å². The van der Waals surface area contributed by atoms with Crippen molar-refractivity contribution in [2.75, 3.05) is 7.11 Å². The van der Waals surface area contributed by atoms with E-state index in [0.29, 0.717) is 18.6 Å². The maximum absolute atomic E-state index is 13.4. The summed E-state index contributed by atoms with van der Waals surface area (Å²) in [6.45, 7) is 22.9. The molecular weight excluding hydrogens is 545 g/mol. The maximum atomic E-state index is 13.4. The van der Waals surface area contributed by atoms with Crippen molar-refractivity contribution in [3.8, 4) is 0 Å². The van der Waals surface area contributed by atoms with Gasteiger partial charge in [0, 0.05) is 24.7 Å². The number of hydrogen-bond acceptors (Lipinski definition) is 5. The molecule has 1 aliphatic carbocycles. The van der Waals surface area contributed by atoms with Gasteiger partial charge in [-0.3, -0.25) is 9.59 Å². The van der Waals surface area contributed by atoms with Gasteiger partial charge in [-0.05, 0) is 68.9 Å². The number of ketones is 1. The van der Waals surface area contributed by atoms with Crippen LogP contribution in [0, 0.1) is 11.8 Å². The average molecular weight is 611 g/mol. The van der Waals surface area contributed by atoms with Crippen LogP contribution in [0.4, 0.5) is 0 Å². The van der Waals surface area contributed by atoms with Gasteiger partial charge in [-0.25, -0.2) is 0 Å². The van der Waals surface area contributed by atoms with Crippen LogP contribution in [-0.2, 0) is 23.2 Å². The van der Waals surface area contributed by atoms with Crippen molar-refractivity contribution in [2.24, 2.45) is 11.8 Å². The van der Waals surface area contributed by atoms with Gasteiger partial charge in [0.1, 0.15) is 5.78 Å². The largest absolute Gasteiger partial charge is 0.469 e. The van der Waals surface area contributed by atoms with E-state index in [0.717, 1.165) is 63.1 Å². The predicted molar refractivity (Wildman–Crippen MR) is 178 cm³/mol. The second-order valence-corrected chi connectivity index (χ2v) is 23.8. The number of unbranched alkanes of at least 4 members (excludes halogenated alkanes) is 4. The molecule has 7 heteroatoms. The Morgan fingerprint density at radius 1 is 0.951 bits per heavy atom. The molecule has 0 aromatic heterocycles. The van der Waals surface area contributed by atoms with Crippen LogP contribution in [0.1, 0.15) is 126 Å². The molecule has 0 aromatic rings. The van der Waals surface area contributed by atoms with Crippen molar-refractivity contribution >= 4 is 28.4 Å². The number of methoxy groups -OCH3 is 1. The number of Topliss-reactive ketones (excluding diaryl/α,β-unsaturated/α-hetero) is 1. The molecule has 5 nitrogen and oxygen atoms in total. The maximum Gasteiger partial charge on any atom is 0.305 e. The Balaban J connectivity index is 3.12. The SMILES string of the molecule is CCCCC(C)(C/C=C/[C@H]1[C@H](O[Si](C)(C)C(C)(C)C)CC(=O)[C@@H]1CCCCCCC(=O)OC)O[Si](CC)(CC)CC. The second-order valence-electron chi connectivity index (χ2n) is 14.3. The van der Waals surface area contributed by atoms with E-state index < -0.39 is 16.6 Å². The molecule has 0 heterocycles. The highest BCUT2D eigenvalue weighted by Crippen LogP contribution is 2.43. The van der Waals surface area contributed by atoms with Crippen LogP contribution in [0.3, 0.4) is 0 Å². The Hall–Kier alpha value is -0.766. The van der Waals surface area contributed by atoms with Gasteiger partial charge >= 0.3 is 5.97 Å². The summed E-state index contributed by atoms with van der Waals surface area (Å²) in [7, 11) is -2.33. The van der Waals surface area contributed by atoms with Gasteiger partial charge in [0.25, 0.3) is 0 Å². The first kappa shape index (κ1) is 38.3. The molecule has 0 aromatic carbocycles. The van der Waals surface area contributed by atoms with E-state index in [9.17, 15) is 9.59 Å². The number of hydrogen-bond donors (Lipinski definition) is 0. The molecule has 0 spiro atoms. The number of esters is 1. The molecule has 41 heavy (non-hydrogen) atoms. The lowest BCUT2D eigenvalue weighted by Gasteiger charge is -2.41. The van der Waals surface area contributed by atoms with E-state index in [1.165, 1.54) is 20.0 Å². The van der Waals surface area contributed by atoms with E-state index in [-0.39, 0.29) is 34.5 Å². The summed E-state index contributed by atoms with van der Waals surface area (Å²) in [4.78, 5) is 24.8. The summed E-state index contributed by atoms with van der Waals surface area (Å²) in [5, 5.41) is 0.100. The van der Waals surface area contributed by atoms with Gasteiger partial charge < -0.3 is 13.6 Å². The van der Waals surface area contributed by atoms with E-state index in [1.807, 2.05) is 0 Å². The molecule has 0 N–H and O–H groups in total. The first-order valence-electron chi connectivity index (χ1n) is 16.8. The Morgan fingerprint density at radius 2 is 1.56 bits per heavy atom. The van der Waals surface area contributed by atoms with Crippen molar-refractivity contribution in [3.05, 3.63) is 12.2 Å². The molecule has 1 fully saturated rings. The Bertz CT molecular complexity index is 806. The topological polar surface area (TPSA) is 61.8 Å². The van der Waals surface area contributed by atoms with Crippen LogP contribution in [-0.4, -0.2) is 47.2 Å². The molecule has 1 saturated carbocycles. The highest BCUT2D eigenvalue weighted by atomic mass is 28.4. The fourth-order valence-electron chi connectivity index (χ4n) is 6.04. The molecule has 0 radical (unpaired) electrons. The Labute approximate surface area is 256 Å². The summed E-state index contributed by atoms with van der Waals surface area (Å²) in [6.07, 6.45) is 14.7. The number of ether oxygens (including phenoxy) is 1. The van der Waals surface area contributed by atoms with E-state index in [2.05, 4.69) is 80.6 Å². The minimum Gasteiger partial charge on any atom is -0.469 e. The Kier molecular flexibility index (Phi) is 16.3. The van der Waals surface area contributed by atoms with Crippen molar-refractivity contribution in [2.45, 2.75) is 174 Å². The first-order chi connectivity index (χ1) is 19.1. The normalized spacial score (nSPS) is 21.9. The molecule has 240 valence electrons. The van der Waals surface area contributed by atoms with E-state index in [4.69, 9.17) is 13.6 Å². The summed E-state index contributed by atoms with van der Waals surface area (Å²) >= 11 is 0. The average Bonchev–Trinajstić information content (AvgIpc) is 3.20. The zero-order chi connectivity index (χ0) is 31.3. The molecular formula is C34H66O5Si2. The zero-order valence-electron chi connectivity index (χ0n) is 28.8. The van der Waals surface area contributed by atoms with Gasteiger partial charge in [0.15, 0.2) is 16.6 Å². The quantitative estimate of drug-likeness (QED) is 0.0594. The third kappa shape index (κ3) is 12.0. The van der Waals surface area contributed by atoms with Gasteiger partial charge in [-0.15, -0.1) is 0 Å². The van der Waals surface area contributed by atoms with Crippen LogP contribution >= 0.6 is 0 Å². The van der Waals surface area contributed by atoms with Gasteiger partial charge in [0.2, 0.25) is 0 Å². The molecule has 4 atom stereocenters. The fourth-order valence-corrected chi connectivity index (χ4v) is 10.6. The fraction of sp³-hybridized carbons (Fsp3) is 0.882. The van der Waals surface area contributed by atoms with Crippen molar-refractivity contribution in [1.29, 1.82) is 0 Å². The Morgan fingerprint density at radius 3 is 2.10 bits per heavy atom. The van der Waals surface area contributed by atoms with Gasteiger partial charge in [0.05, 0.1) is 18.8 Å². The van der Waals surface area contributed by atoms with Crippen molar-refractivity contribution < 1.29 is 23.2 Å². The third-order valence-electron chi connectivity index (χ3n) is 10.2. The van der Waals surface area contributed by atoms with Crippen LogP contribution in [0.25, 0.3) is 0 Å². The van der Waals surface area contributed by atoms with Crippen LogP contribution in [0.2, 0.25) is 36.3 Å².